The van der Waals surface area contributed by atoms with Gasteiger partial charge in [-0.1, -0.05) is 30.3 Å². The van der Waals surface area contributed by atoms with Gasteiger partial charge in [0.05, 0.1) is 13.7 Å². The number of nitrogens with one attached hydrogen (secondary N) is 1. The van der Waals surface area contributed by atoms with Gasteiger partial charge in [-0.3, -0.25) is 9.69 Å². The maximum atomic E-state index is 13.3. The molecule has 0 radical (unpaired) electrons. The number of carbonyl (C=O) groups is 1. The molecule has 0 aromatic heterocycles. The van der Waals surface area contributed by atoms with Crippen LogP contribution >= 0.6 is 0 Å². The van der Waals surface area contributed by atoms with Gasteiger partial charge in [0.2, 0.25) is 10.0 Å². The van der Waals surface area contributed by atoms with Crippen molar-refractivity contribution >= 4 is 15.9 Å². The summed E-state index contributed by atoms with van der Waals surface area (Å²) in [6.45, 7) is 0.848. The first-order valence-corrected chi connectivity index (χ1v) is 12.1. The van der Waals surface area contributed by atoms with Gasteiger partial charge in [0, 0.05) is 38.3 Å². The van der Waals surface area contributed by atoms with E-state index in [9.17, 15) is 22.0 Å². The molecule has 33 heavy (non-hydrogen) atoms. The summed E-state index contributed by atoms with van der Waals surface area (Å²) in [5, 5.41) is 2.89. The fourth-order valence-corrected chi connectivity index (χ4v) is 5.17. The van der Waals surface area contributed by atoms with Crippen LogP contribution in [-0.2, 0) is 16.6 Å². The number of hydrogen-bond acceptors (Lipinski definition) is 5. The lowest BCUT2D eigenvalue weighted by Crippen LogP contribution is -2.45. The van der Waals surface area contributed by atoms with Crippen molar-refractivity contribution in [3.05, 3.63) is 59.7 Å². The molecule has 1 aliphatic rings. The number of rotatable bonds is 9. The van der Waals surface area contributed by atoms with E-state index in [-0.39, 0.29) is 35.3 Å². The monoisotopic (exact) mass is 481 g/mol. The van der Waals surface area contributed by atoms with Gasteiger partial charge in [-0.15, -0.1) is 0 Å². The van der Waals surface area contributed by atoms with Crippen molar-refractivity contribution in [2.45, 2.75) is 36.7 Å². The molecule has 0 saturated carbocycles. The Balaban J connectivity index is 1.73. The van der Waals surface area contributed by atoms with Crippen molar-refractivity contribution in [2.24, 2.45) is 0 Å². The molecule has 1 saturated heterocycles. The van der Waals surface area contributed by atoms with Crippen molar-refractivity contribution in [1.29, 1.82) is 0 Å². The largest absolute Gasteiger partial charge is 0.495 e. The number of alkyl halides is 2. The number of likely N-dealkylation sites (tertiary alicyclic amines) is 1. The van der Waals surface area contributed by atoms with Crippen LogP contribution in [0.25, 0.3) is 0 Å². The molecule has 1 fully saturated rings. The quantitative estimate of drug-likeness (QED) is 0.596. The minimum atomic E-state index is -3.94. The molecule has 1 N–H and O–H groups in total. The summed E-state index contributed by atoms with van der Waals surface area (Å²) < 4.78 is 58.1. The van der Waals surface area contributed by atoms with Crippen molar-refractivity contribution in [2.75, 3.05) is 33.8 Å². The lowest BCUT2D eigenvalue weighted by atomic mass is 10.0. The Morgan fingerprint density at radius 3 is 2.45 bits per heavy atom. The number of benzene rings is 2. The van der Waals surface area contributed by atoms with Crippen LogP contribution in [0.15, 0.2) is 53.4 Å². The number of sulfonamides is 1. The first kappa shape index (κ1) is 25.1. The summed E-state index contributed by atoms with van der Waals surface area (Å²) in [7, 11) is -1.09. The summed E-state index contributed by atoms with van der Waals surface area (Å²) in [4.78, 5) is 14.4. The number of piperidine rings is 1. The SMILES string of the molecule is COc1ccc(C(=O)NC2CCN(CC(F)F)CC2)cc1S(=O)(=O)N(C)Cc1ccccc1. The molecule has 10 heteroatoms. The van der Waals surface area contributed by atoms with Crippen LogP contribution in [0.2, 0.25) is 0 Å². The number of nitrogens with zero attached hydrogens (tertiary/aromatic N) is 2. The number of carbonyl (C=O) groups excluding carboxylic acids is 1. The van der Waals surface area contributed by atoms with E-state index in [1.165, 1.54) is 36.7 Å². The highest BCUT2D eigenvalue weighted by Gasteiger charge is 2.28. The molecule has 0 spiro atoms. The smallest absolute Gasteiger partial charge is 0.251 e. The number of methoxy groups -OCH3 is 1. The van der Waals surface area contributed by atoms with Crippen LogP contribution in [0.4, 0.5) is 8.78 Å². The number of halogens is 2. The fraction of sp³-hybridized carbons (Fsp3) is 0.435. The Bertz CT molecular complexity index is 1040. The average Bonchev–Trinajstić information content (AvgIpc) is 2.80. The Labute approximate surface area is 193 Å². The normalized spacial score (nSPS) is 15.7. The van der Waals surface area contributed by atoms with Crippen LogP contribution in [0.1, 0.15) is 28.8 Å². The second kappa shape index (κ2) is 11.0. The van der Waals surface area contributed by atoms with E-state index >= 15 is 0 Å². The lowest BCUT2D eigenvalue weighted by molar-refractivity contribution is 0.0696. The Kier molecular flexibility index (Phi) is 8.39. The molecule has 3 rings (SSSR count). The van der Waals surface area contributed by atoms with Crippen LogP contribution in [0, 0.1) is 0 Å². The van der Waals surface area contributed by atoms with Gasteiger partial charge in [0.15, 0.2) is 0 Å². The molecule has 1 heterocycles. The van der Waals surface area contributed by atoms with Crippen LogP contribution in [-0.4, -0.2) is 69.8 Å². The highest BCUT2D eigenvalue weighted by atomic mass is 32.2. The third kappa shape index (κ3) is 6.49. The predicted octanol–water partition coefficient (Wildman–Crippen LogP) is 2.98. The van der Waals surface area contributed by atoms with Crippen LogP contribution in [0.5, 0.6) is 5.75 Å². The van der Waals surface area contributed by atoms with Gasteiger partial charge in [0.1, 0.15) is 10.6 Å². The third-order valence-corrected chi connectivity index (χ3v) is 7.51. The summed E-state index contributed by atoms with van der Waals surface area (Å²) in [6.07, 6.45) is -1.27. The second-order valence-corrected chi connectivity index (χ2v) is 10.1. The van der Waals surface area contributed by atoms with Crippen molar-refractivity contribution in [3.63, 3.8) is 0 Å². The number of hydrogen-bond donors (Lipinski definition) is 1. The first-order chi connectivity index (χ1) is 15.7. The minimum absolute atomic E-state index is 0.0946. The molecule has 7 nitrogen and oxygen atoms in total. The molecule has 1 amide bonds. The van der Waals surface area contributed by atoms with Crippen LogP contribution in [0.3, 0.4) is 0 Å². The molecular weight excluding hydrogens is 452 g/mol. The van der Waals surface area contributed by atoms with E-state index in [0.29, 0.717) is 25.9 Å². The maximum absolute atomic E-state index is 13.3. The van der Waals surface area contributed by atoms with E-state index in [1.54, 1.807) is 4.90 Å². The highest BCUT2D eigenvalue weighted by molar-refractivity contribution is 7.89. The van der Waals surface area contributed by atoms with Crippen LogP contribution < -0.4 is 10.1 Å². The van der Waals surface area contributed by atoms with E-state index in [2.05, 4.69) is 5.32 Å². The highest BCUT2D eigenvalue weighted by Crippen LogP contribution is 2.28. The molecule has 0 atom stereocenters. The zero-order valence-corrected chi connectivity index (χ0v) is 19.5. The summed E-state index contributed by atoms with van der Waals surface area (Å²) in [5.74, 6) is -0.265. The van der Waals surface area contributed by atoms with Gasteiger partial charge < -0.3 is 10.1 Å². The molecule has 1 aliphatic heterocycles. The van der Waals surface area contributed by atoms with Gasteiger partial charge in [-0.25, -0.2) is 17.2 Å². The van der Waals surface area contributed by atoms with Crippen molar-refractivity contribution < 1.29 is 26.7 Å². The molecule has 0 unspecified atom stereocenters. The minimum Gasteiger partial charge on any atom is -0.495 e. The second-order valence-electron chi connectivity index (χ2n) is 8.05. The molecule has 2 aromatic carbocycles. The zero-order valence-electron chi connectivity index (χ0n) is 18.7. The predicted molar refractivity (Wildman–Crippen MR) is 121 cm³/mol. The molecule has 0 bridgehead atoms. The van der Waals surface area contributed by atoms with Crippen molar-refractivity contribution in [3.8, 4) is 5.75 Å². The van der Waals surface area contributed by atoms with Gasteiger partial charge in [-0.2, -0.15) is 4.31 Å². The standard InChI is InChI=1S/C23H29F2N3O4S/c1-27(15-17-6-4-3-5-7-17)33(30,31)21-14-18(8-9-20(21)32-2)23(29)26-19-10-12-28(13-11-19)16-22(24)25/h3-9,14,19,22H,10-13,15-16H2,1-2H3,(H,26,29). The molecule has 2 aromatic rings. The Hall–Kier alpha value is -2.56. The maximum Gasteiger partial charge on any atom is 0.251 e. The lowest BCUT2D eigenvalue weighted by Gasteiger charge is -2.32. The topological polar surface area (TPSA) is 79.0 Å². The molecule has 180 valence electrons. The average molecular weight is 482 g/mol. The Morgan fingerprint density at radius 2 is 1.85 bits per heavy atom. The van der Waals surface area contributed by atoms with E-state index in [0.717, 1.165) is 5.56 Å². The third-order valence-electron chi connectivity index (χ3n) is 5.68. The number of amides is 1. The van der Waals surface area contributed by atoms with E-state index in [4.69, 9.17) is 4.74 Å². The molecule has 0 aliphatic carbocycles. The summed E-state index contributed by atoms with van der Waals surface area (Å²) >= 11 is 0. The van der Waals surface area contributed by atoms with E-state index in [1.807, 2.05) is 30.3 Å². The first-order valence-electron chi connectivity index (χ1n) is 10.7. The Morgan fingerprint density at radius 1 is 1.18 bits per heavy atom. The van der Waals surface area contributed by atoms with Gasteiger partial charge >= 0.3 is 0 Å². The summed E-state index contributed by atoms with van der Waals surface area (Å²) in [6, 6.07) is 13.3. The van der Waals surface area contributed by atoms with E-state index < -0.39 is 22.4 Å². The van der Waals surface area contributed by atoms with Gasteiger partial charge in [-0.05, 0) is 36.6 Å². The summed E-state index contributed by atoms with van der Waals surface area (Å²) in [5.41, 5.74) is 1.02. The molecular formula is C23H29F2N3O4S. The van der Waals surface area contributed by atoms with Crippen molar-refractivity contribution in [1.82, 2.24) is 14.5 Å². The van der Waals surface area contributed by atoms with Gasteiger partial charge in [0.25, 0.3) is 12.3 Å². The fourth-order valence-electron chi connectivity index (χ4n) is 3.84. The zero-order chi connectivity index (χ0) is 24.0. The number of ether oxygens (including phenoxy) is 1.